The summed E-state index contributed by atoms with van der Waals surface area (Å²) in [6.45, 7) is 5.05. The van der Waals surface area contributed by atoms with E-state index in [-0.39, 0.29) is 19.3 Å². The first kappa shape index (κ1) is 75.6. The summed E-state index contributed by atoms with van der Waals surface area (Å²) in [4.78, 5) is 176. The number of hydrogen-bond acceptors (Lipinski definition) is 17. The van der Waals surface area contributed by atoms with Crippen LogP contribution in [0.15, 0.2) is 104 Å². The van der Waals surface area contributed by atoms with Gasteiger partial charge in [-0.2, -0.15) is 0 Å². The van der Waals surface area contributed by atoms with E-state index < -0.39 is 170 Å². The zero-order valence-corrected chi connectivity index (χ0v) is 53.7. The number of imidazole rings is 1. The van der Waals surface area contributed by atoms with Gasteiger partial charge in [-0.25, -0.2) is 4.98 Å². The van der Waals surface area contributed by atoms with E-state index in [9.17, 15) is 77.6 Å². The number of H-pyrrole nitrogens is 1. The van der Waals surface area contributed by atoms with Crippen molar-refractivity contribution < 1.29 is 82.4 Å². The van der Waals surface area contributed by atoms with Crippen LogP contribution in [0.3, 0.4) is 0 Å². The minimum atomic E-state index is -1.88. The van der Waals surface area contributed by atoms with Crippen molar-refractivity contribution in [3.63, 3.8) is 0 Å². The number of ether oxygens (including phenoxy) is 1. The molecule has 18 N–H and O–H groups in total. The number of primary amides is 1. The van der Waals surface area contributed by atoms with Crippen molar-refractivity contribution in [2.45, 2.75) is 134 Å². The van der Waals surface area contributed by atoms with Gasteiger partial charge in [-0.15, -0.1) is 0 Å². The molecule has 31 nitrogen and oxygen atoms in total. The fourth-order valence-electron chi connectivity index (χ4n) is 9.68. The van der Waals surface area contributed by atoms with E-state index in [1.165, 1.54) is 26.4 Å². The Bertz CT molecular complexity index is 3590. The summed E-state index contributed by atoms with van der Waals surface area (Å²) in [7, 11) is 1.56. The fourth-order valence-corrected chi connectivity index (χ4v) is 9.68. The Hall–Kier alpha value is -11.1. The molecule has 0 saturated heterocycles. The van der Waals surface area contributed by atoms with E-state index in [0.717, 1.165) is 40.3 Å². The molecule has 31 heteroatoms. The molecule has 1 aromatic heterocycles. The Labute approximate surface area is 552 Å². The number of aliphatic carboxylic acids is 2. The number of carboxylic acids is 2. The van der Waals surface area contributed by atoms with E-state index in [2.05, 4.69) is 63.1 Å². The number of nitrogens with zero attached hydrogens (tertiary/aromatic N) is 1. The number of aryl methyl sites for hydroxylation is 2. The van der Waals surface area contributed by atoms with Crippen molar-refractivity contribution in [3.05, 3.63) is 131 Å². The number of nitrogens with two attached hydrogens (primary N) is 2. The molecule has 4 aromatic carbocycles. The highest BCUT2D eigenvalue weighted by Crippen LogP contribution is 2.29. The van der Waals surface area contributed by atoms with E-state index in [4.69, 9.17) is 16.2 Å². The van der Waals surface area contributed by atoms with Crippen LogP contribution < -0.4 is 69.4 Å². The number of aromatic nitrogens is 2. The van der Waals surface area contributed by atoms with E-state index in [0.29, 0.717) is 29.0 Å². The van der Waals surface area contributed by atoms with E-state index >= 15 is 0 Å². The Balaban J connectivity index is 1.17. The predicted molar refractivity (Wildman–Crippen MR) is 346 cm³/mol. The predicted octanol–water partition coefficient (Wildman–Crippen LogP) is -2.03. The molecule has 0 spiro atoms. The Morgan fingerprint density at radius 2 is 1.11 bits per heavy atom. The maximum absolute atomic E-state index is 14.3. The first-order valence-corrected chi connectivity index (χ1v) is 30.5. The van der Waals surface area contributed by atoms with Gasteiger partial charge in [-0.3, -0.25) is 62.3 Å². The highest BCUT2D eigenvalue weighted by Gasteiger charge is 2.33. The largest absolute Gasteiger partial charge is 0.497 e. The molecule has 514 valence electrons. The van der Waals surface area contributed by atoms with Crippen LogP contribution >= 0.6 is 0 Å². The summed E-state index contributed by atoms with van der Waals surface area (Å²) < 4.78 is 5.40. The van der Waals surface area contributed by atoms with Gasteiger partial charge < -0.3 is 89.7 Å². The van der Waals surface area contributed by atoms with Gasteiger partial charge in [-0.05, 0) is 97.2 Å². The molecule has 0 aliphatic heterocycles. The lowest BCUT2D eigenvalue weighted by atomic mass is 9.95. The first-order chi connectivity index (χ1) is 45.5. The van der Waals surface area contributed by atoms with Crippen LogP contribution in [0.2, 0.25) is 0 Å². The third-order valence-electron chi connectivity index (χ3n) is 15.1. The summed E-state index contributed by atoms with van der Waals surface area (Å²) >= 11 is 0. The highest BCUT2D eigenvalue weighted by molar-refractivity contribution is 5.98. The molecule has 11 amide bonds. The number of hydrogen-bond donors (Lipinski definition) is 16. The zero-order valence-electron chi connectivity index (χ0n) is 53.7. The maximum atomic E-state index is 14.3. The van der Waals surface area contributed by atoms with Gasteiger partial charge in [0, 0.05) is 37.6 Å². The molecular formula is C65H82N14O17. The van der Waals surface area contributed by atoms with Crippen molar-refractivity contribution in [1.29, 1.82) is 0 Å². The average molecular weight is 1330 g/mol. The standard InChI is InChI=1S/C65H82N14O17/c1-7-40-26-44(96-6)20-21-46(40)42-18-14-39(15-19-42)25-50(63(93)77-49(58(67)88)24-38-12-16-41(17-13-38)45-11-9-8-10-34(45)2)78-64(94)51(28-56(86)87)75-54(83)32-71-65(95)57(37(5)80)79-60(90)35(3)73-53(82)31-69-52(81)30-70-62(92)48(22-23-55(84)85)76-59(89)36(4)74-61(91)47(66)27-43-29-68-33-72-43/h8-21,26,29,33,35-37,47-51,57,80H,7,22-25,27-28,30-32,66H2,1-6H3,(H2,67,88)(H,68,72)(H,69,81)(H,70,92)(H,71,95)(H,73,82)(H,74,91)(H,75,83)(H,76,89)(H,77,93)(H,78,94)(H,79,90)(H,84,85)(H,86,87)/t35-,36-,37?,47+,48+,49+,50+,51+,57+/m1/s1. The lowest BCUT2D eigenvalue weighted by Gasteiger charge is -2.25. The third kappa shape index (κ3) is 24.1. The number of methoxy groups -OCH3 is 1. The van der Waals surface area contributed by atoms with Crippen LogP contribution in [-0.2, 0) is 88.0 Å². The number of carboxylic acid groups (broad SMARTS) is 2. The summed E-state index contributed by atoms with van der Waals surface area (Å²) in [6, 6.07) is 16.0. The molecule has 5 rings (SSSR count). The Morgan fingerprint density at radius 3 is 1.70 bits per heavy atom. The molecule has 1 unspecified atom stereocenters. The monoisotopic (exact) mass is 1330 g/mol. The minimum absolute atomic E-state index is 0.0497. The Morgan fingerprint density at radius 1 is 0.562 bits per heavy atom. The molecule has 0 radical (unpaired) electrons. The van der Waals surface area contributed by atoms with Gasteiger partial charge >= 0.3 is 11.9 Å². The molecule has 0 bridgehead atoms. The van der Waals surface area contributed by atoms with Crippen LogP contribution in [0.1, 0.15) is 74.9 Å². The minimum Gasteiger partial charge on any atom is -0.497 e. The molecular weight excluding hydrogens is 1250 g/mol. The van der Waals surface area contributed by atoms with Crippen molar-refractivity contribution in [3.8, 4) is 28.0 Å². The quantitative estimate of drug-likeness (QED) is 0.0204. The molecule has 1 heterocycles. The topological polar surface area (TPSA) is 493 Å². The van der Waals surface area contributed by atoms with Crippen molar-refractivity contribution in [2.24, 2.45) is 11.5 Å². The number of benzene rings is 4. The van der Waals surface area contributed by atoms with Gasteiger partial charge in [0.25, 0.3) is 0 Å². The van der Waals surface area contributed by atoms with Crippen molar-refractivity contribution in [1.82, 2.24) is 63.1 Å². The summed E-state index contributed by atoms with van der Waals surface area (Å²) in [5.41, 5.74) is 19.1. The van der Waals surface area contributed by atoms with E-state index in [1.807, 2.05) is 80.6 Å². The maximum Gasteiger partial charge on any atom is 0.305 e. The molecule has 0 aliphatic carbocycles. The number of carbonyl (C=O) groups excluding carboxylic acids is 11. The third-order valence-corrected chi connectivity index (χ3v) is 15.1. The number of aliphatic hydroxyl groups excluding tert-OH is 1. The van der Waals surface area contributed by atoms with E-state index in [1.54, 1.807) is 31.4 Å². The second-order valence-corrected chi connectivity index (χ2v) is 22.6. The number of carbonyl (C=O) groups is 13. The number of aliphatic hydroxyl groups is 1. The lowest BCUT2D eigenvalue weighted by molar-refractivity contribution is -0.141. The molecule has 0 fully saturated rings. The first-order valence-electron chi connectivity index (χ1n) is 30.5. The van der Waals surface area contributed by atoms with Gasteiger partial charge in [0.1, 0.15) is 48.0 Å². The van der Waals surface area contributed by atoms with Crippen LogP contribution in [0.4, 0.5) is 0 Å². The normalized spacial score (nSPS) is 13.7. The summed E-state index contributed by atoms with van der Waals surface area (Å²) in [5.74, 6) is -12.9. The van der Waals surface area contributed by atoms with Gasteiger partial charge in [0.05, 0.1) is 51.6 Å². The summed E-state index contributed by atoms with van der Waals surface area (Å²) in [6.07, 6.45) is -0.340. The number of rotatable bonds is 37. The number of amides is 11. The van der Waals surface area contributed by atoms with Crippen LogP contribution in [0.25, 0.3) is 22.3 Å². The molecule has 0 saturated carbocycles. The van der Waals surface area contributed by atoms with Gasteiger partial charge in [-0.1, -0.05) is 85.8 Å². The van der Waals surface area contributed by atoms with Crippen LogP contribution in [-0.4, -0.2) is 183 Å². The number of nitrogens with one attached hydrogen (secondary N) is 11. The zero-order chi connectivity index (χ0) is 70.8. The fraction of sp³-hybridized carbons (Fsp3) is 0.385. The van der Waals surface area contributed by atoms with Gasteiger partial charge in [0.2, 0.25) is 65.0 Å². The smallest absolute Gasteiger partial charge is 0.305 e. The van der Waals surface area contributed by atoms with Crippen LogP contribution in [0.5, 0.6) is 5.75 Å². The van der Waals surface area contributed by atoms with Crippen LogP contribution in [0, 0.1) is 6.92 Å². The summed E-state index contributed by atoms with van der Waals surface area (Å²) in [5, 5.41) is 52.8. The average Bonchev–Trinajstić information content (AvgIpc) is 0.930. The van der Waals surface area contributed by atoms with Crippen molar-refractivity contribution >= 4 is 76.9 Å². The number of aromatic amines is 1. The molecule has 9 atom stereocenters. The lowest BCUT2D eigenvalue weighted by Crippen LogP contribution is -2.59. The van der Waals surface area contributed by atoms with Crippen molar-refractivity contribution in [2.75, 3.05) is 26.7 Å². The molecule has 0 aliphatic rings. The Kier molecular flexibility index (Phi) is 29.1. The second-order valence-electron chi connectivity index (χ2n) is 22.6. The highest BCUT2D eigenvalue weighted by atomic mass is 16.5. The molecule has 96 heavy (non-hydrogen) atoms. The molecule has 5 aromatic rings. The van der Waals surface area contributed by atoms with Gasteiger partial charge in [0.15, 0.2) is 0 Å². The SMILES string of the molecule is CCc1cc(OC)ccc1-c1ccc(C[C@H](NC(=O)[C@H](CC(=O)O)NC(=O)CNC(=O)[C@@H](NC(=O)[C@@H](C)NC(=O)CNC(=O)CNC(=O)[C@H](CCC(=O)O)NC(=O)[C@@H](C)NC(=O)[C@@H](N)Cc2cnc[nH]2)C(C)O)C(=O)N[C@@H](Cc2ccc(-c3ccccc3C)cc2)C(N)=O)cc1. The second kappa shape index (κ2) is 37.0.